The molecule has 0 bridgehead atoms. The van der Waals surface area contributed by atoms with Gasteiger partial charge in [-0.3, -0.25) is 4.79 Å². The number of methoxy groups -OCH3 is 2. The number of carbonyl (C=O) groups is 1. The maximum Gasteiger partial charge on any atom is 0.277 e. The number of hydrogen-bond acceptors (Lipinski definition) is 5. The van der Waals surface area contributed by atoms with Crippen LogP contribution in [0.5, 0.6) is 11.5 Å². The van der Waals surface area contributed by atoms with Crippen LogP contribution in [0.3, 0.4) is 0 Å². The number of rotatable bonds is 5. The summed E-state index contributed by atoms with van der Waals surface area (Å²) in [6, 6.07) is 7.62. The Bertz CT molecular complexity index is 981. The minimum atomic E-state index is -1.62. The lowest BCUT2D eigenvalue weighted by Crippen LogP contribution is -2.13. The SMILES string of the molecule is COc1ccc(-c2cc(C(=O)Nc3cc(F)c(F)c(F)c3)no2)cc1OC. The fourth-order valence-electron chi connectivity index (χ4n) is 2.33. The molecule has 3 aromatic rings. The van der Waals surface area contributed by atoms with Crippen LogP contribution in [0.25, 0.3) is 11.3 Å². The second-order valence-corrected chi connectivity index (χ2v) is 5.35. The van der Waals surface area contributed by atoms with Crippen LogP contribution >= 0.6 is 0 Å². The highest BCUT2D eigenvalue weighted by Crippen LogP contribution is 2.32. The Morgan fingerprint density at radius 2 is 1.67 bits per heavy atom. The molecular weight excluding hydrogens is 365 g/mol. The first-order chi connectivity index (χ1) is 12.9. The number of nitrogens with one attached hydrogen (secondary N) is 1. The summed E-state index contributed by atoms with van der Waals surface area (Å²) in [6.07, 6.45) is 0. The fourth-order valence-corrected chi connectivity index (χ4v) is 2.33. The first-order valence-electron chi connectivity index (χ1n) is 7.58. The molecule has 0 unspecified atom stereocenters. The standard InChI is InChI=1S/C18H13F3N2O4/c1-25-14-4-3-9(5-16(14)26-2)15-8-13(23-27-15)18(24)22-10-6-11(19)17(21)12(20)7-10/h3-8H,1-2H3,(H,22,24). The van der Waals surface area contributed by atoms with Gasteiger partial charge in [0.05, 0.1) is 14.2 Å². The van der Waals surface area contributed by atoms with Crippen molar-refractivity contribution in [2.75, 3.05) is 19.5 Å². The van der Waals surface area contributed by atoms with Crippen LogP contribution in [0.2, 0.25) is 0 Å². The van der Waals surface area contributed by atoms with Gasteiger partial charge in [-0.1, -0.05) is 5.16 Å². The zero-order valence-corrected chi connectivity index (χ0v) is 14.2. The molecule has 1 heterocycles. The van der Waals surface area contributed by atoms with E-state index in [0.717, 1.165) is 0 Å². The first-order valence-corrected chi connectivity index (χ1v) is 7.58. The number of hydrogen-bond donors (Lipinski definition) is 1. The van der Waals surface area contributed by atoms with Crippen molar-refractivity contribution in [3.05, 3.63) is 59.5 Å². The predicted molar refractivity (Wildman–Crippen MR) is 89.3 cm³/mol. The fraction of sp³-hybridized carbons (Fsp3) is 0.111. The highest BCUT2D eigenvalue weighted by atomic mass is 19.2. The van der Waals surface area contributed by atoms with Gasteiger partial charge in [0.15, 0.2) is 40.4 Å². The van der Waals surface area contributed by atoms with Gasteiger partial charge in [0.25, 0.3) is 5.91 Å². The molecule has 1 amide bonds. The van der Waals surface area contributed by atoms with Crippen molar-refractivity contribution in [1.82, 2.24) is 5.16 Å². The summed E-state index contributed by atoms with van der Waals surface area (Å²) in [4.78, 5) is 12.2. The van der Waals surface area contributed by atoms with Crippen LogP contribution in [-0.4, -0.2) is 25.3 Å². The number of benzene rings is 2. The Labute approximate surface area is 151 Å². The van der Waals surface area contributed by atoms with Crippen LogP contribution in [0, 0.1) is 17.5 Å². The van der Waals surface area contributed by atoms with Gasteiger partial charge in [-0.15, -0.1) is 0 Å². The van der Waals surface area contributed by atoms with E-state index in [1.165, 1.54) is 20.3 Å². The maximum absolute atomic E-state index is 13.2. The molecule has 27 heavy (non-hydrogen) atoms. The summed E-state index contributed by atoms with van der Waals surface area (Å²) in [5.41, 5.74) is 0.176. The van der Waals surface area contributed by atoms with Crippen LogP contribution in [0.15, 0.2) is 40.9 Å². The smallest absolute Gasteiger partial charge is 0.277 e. The van der Waals surface area contributed by atoms with Crippen molar-refractivity contribution < 1.29 is 32.0 Å². The lowest BCUT2D eigenvalue weighted by molar-refractivity contribution is 0.101. The molecule has 0 fully saturated rings. The Morgan fingerprint density at radius 1 is 1.00 bits per heavy atom. The molecule has 140 valence electrons. The topological polar surface area (TPSA) is 73.6 Å². The van der Waals surface area contributed by atoms with E-state index in [2.05, 4.69) is 10.5 Å². The zero-order valence-electron chi connectivity index (χ0n) is 14.2. The molecule has 9 heteroatoms. The summed E-state index contributed by atoms with van der Waals surface area (Å²) in [5.74, 6) is -4.01. The molecule has 0 aliphatic rings. The van der Waals surface area contributed by atoms with Crippen molar-refractivity contribution in [2.24, 2.45) is 0 Å². The quantitative estimate of drug-likeness (QED) is 0.679. The van der Waals surface area contributed by atoms with Gasteiger partial charge in [0, 0.05) is 29.4 Å². The van der Waals surface area contributed by atoms with Crippen molar-refractivity contribution in [2.45, 2.75) is 0 Å². The number of carbonyl (C=O) groups excluding carboxylic acids is 1. The molecule has 0 atom stereocenters. The van der Waals surface area contributed by atoms with Gasteiger partial charge in [-0.2, -0.15) is 0 Å². The molecule has 3 rings (SSSR count). The van der Waals surface area contributed by atoms with Crippen LogP contribution in [0.4, 0.5) is 18.9 Å². The summed E-state index contributed by atoms with van der Waals surface area (Å²) in [6.45, 7) is 0. The Hall–Kier alpha value is -3.49. The molecule has 0 spiro atoms. The molecule has 1 aromatic heterocycles. The van der Waals surface area contributed by atoms with Crippen LogP contribution in [-0.2, 0) is 0 Å². The van der Waals surface area contributed by atoms with Crippen LogP contribution < -0.4 is 14.8 Å². The van der Waals surface area contributed by atoms with E-state index in [-0.39, 0.29) is 17.1 Å². The number of nitrogens with zero attached hydrogens (tertiary/aromatic N) is 1. The number of anilines is 1. The average molecular weight is 378 g/mol. The van der Waals surface area contributed by atoms with E-state index < -0.39 is 23.4 Å². The van der Waals surface area contributed by atoms with Crippen molar-refractivity contribution >= 4 is 11.6 Å². The summed E-state index contributed by atoms with van der Waals surface area (Å²) in [5, 5.41) is 5.85. The van der Waals surface area contributed by atoms with E-state index in [1.54, 1.807) is 18.2 Å². The highest BCUT2D eigenvalue weighted by molar-refractivity contribution is 6.03. The number of amides is 1. The van der Waals surface area contributed by atoms with Crippen LogP contribution in [0.1, 0.15) is 10.5 Å². The predicted octanol–water partition coefficient (Wildman–Crippen LogP) is 4.03. The molecular formula is C18H13F3N2O4. The molecule has 0 aliphatic heterocycles. The van der Waals surface area contributed by atoms with Gasteiger partial charge >= 0.3 is 0 Å². The van der Waals surface area contributed by atoms with Crippen molar-refractivity contribution in [3.63, 3.8) is 0 Å². The average Bonchev–Trinajstić information content (AvgIpc) is 3.15. The van der Waals surface area contributed by atoms with Gasteiger partial charge in [-0.05, 0) is 18.2 Å². The Balaban J connectivity index is 1.82. The van der Waals surface area contributed by atoms with Gasteiger partial charge in [0.2, 0.25) is 0 Å². The van der Waals surface area contributed by atoms with E-state index in [9.17, 15) is 18.0 Å². The van der Waals surface area contributed by atoms with Gasteiger partial charge in [-0.25, -0.2) is 13.2 Å². The lowest BCUT2D eigenvalue weighted by Gasteiger charge is -2.07. The van der Waals surface area contributed by atoms with Gasteiger partial charge < -0.3 is 19.3 Å². The van der Waals surface area contributed by atoms with E-state index in [1.807, 2.05) is 0 Å². The monoisotopic (exact) mass is 378 g/mol. The minimum absolute atomic E-state index is 0.134. The second kappa shape index (κ2) is 7.40. The minimum Gasteiger partial charge on any atom is -0.493 e. The third-order valence-corrected chi connectivity index (χ3v) is 3.65. The third kappa shape index (κ3) is 3.71. The second-order valence-electron chi connectivity index (χ2n) is 5.35. The molecule has 2 aromatic carbocycles. The van der Waals surface area contributed by atoms with Gasteiger partial charge in [0.1, 0.15) is 0 Å². The maximum atomic E-state index is 13.2. The summed E-state index contributed by atoms with van der Waals surface area (Å²) in [7, 11) is 2.97. The van der Waals surface area contributed by atoms with E-state index in [0.29, 0.717) is 29.2 Å². The zero-order chi connectivity index (χ0) is 19.6. The van der Waals surface area contributed by atoms with E-state index in [4.69, 9.17) is 14.0 Å². The van der Waals surface area contributed by atoms with Crippen molar-refractivity contribution in [3.8, 4) is 22.8 Å². The number of aromatic nitrogens is 1. The molecule has 0 radical (unpaired) electrons. The Morgan fingerprint density at radius 3 is 2.30 bits per heavy atom. The number of ether oxygens (including phenoxy) is 2. The summed E-state index contributed by atoms with van der Waals surface area (Å²) < 4.78 is 54.9. The summed E-state index contributed by atoms with van der Waals surface area (Å²) >= 11 is 0. The molecule has 0 saturated heterocycles. The molecule has 1 N–H and O–H groups in total. The largest absolute Gasteiger partial charge is 0.493 e. The molecule has 0 aliphatic carbocycles. The van der Waals surface area contributed by atoms with Crippen molar-refractivity contribution in [1.29, 1.82) is 0 Å². The molecule has 0 saturated carbocycles. The Kier molecular flexibility index (Phi) is 5.02. The number of halogens is 3. The van der Waals surface area contributed by atoms with E-state index >= 15 is 0 Å². The molecule has 6 nitrogen and oxygen atoms in total. The first kappa shape index (κ1) is 18.3. The third-order valence-electron chi connectivity index (χ3n) is 3.65. The highest BCUT2D eigenvalue weighted by Gasteiger charge is 2.17. The lowest BCUT2D eigenvalue weighted by atomic mass is 10.1. The normalized spacial score (nSPS) is 10.6.